The van der Waals surface area contributed by atoms with Gasteiger partial charge in [0.05, 0.1) is 17.4 Å². The number of pyridine rings is 1. The molecule has 0 saturated heterocycles. The van der Waals surface area contributed by atoms with Crippen molar-refractivity contribution >= 4 is 35.4 Å². The lowest BCUT2D eigenvalue weighted by molar-refractivity contribution is -0.117. The van der Waals surface area contributed by atoms with Crippen molar-refractivity contribution in [3.05, 3.63) is 24.0 Å². The van der Waals surface area contributed by atoms with Crippen LogP contribution >= 0.6 is 11.8 Å². The van der Waals surface area contributed by atoms with E-state index in [1.165, 1.54) is 30.2 Å². The Balaban J connectivity index is 2.85. The quantitative estimate of drug-likeness (QED) is 0.579. The summed E-state index contributed by atoms with van der Waals surface area (Å²) in [5.74, 6) is -1.09. The number of urea groups is 1. The molecule has 9 heteroatoms. The number of carbonyl (C=O) groups excluding carboxylic acids is 2. The highest BCUT2D eigenvalue weighted by atomic mass is 32.2. The maximum Gasteiger partial charge on any atom is 0.337 e. The van der Waals surface area contributed by atoms with Crippen molar-refractivity contribution in [2.24, 2.45) is 5.73 Å². The van der Waals surface area contributed by atoms with Crippen molar-refractivity contribution in [2.75, 3.05) is 17.3 Å². The highest BCUT2D eigenvalue weighted by Gasteiger charge is 2.21. The molecule has 114 valence electrons. The zero-order valence-corrected chi connectivity index (χ0v) is 12.1. The van der Waals surface area contributed by atoms with Crippen LogP contribution < -0.4 is 16.4 Å². The number of primary amides is 1. The molecule has 1 aromatic rings. The van der Waals surface area contributed by atoms with Crippen molar-refractivity contribution in [1.29, 1.82) is 0 Å². The van der Waals surface area contributed by atoms with Gasteiger partial charge in [0.2, 0.25) is 5.91 Å². The van der Waals surface area contributed by atoms with Gasteiger partial charge in [0, 0.05) is 6.20 Å². The van der Waals surface area contributed by atoms with Crippen molar-refractivity contribution < 1.29 is 19.5 Å². The summed E-state index contributed by atoms with van der Waals surface area (Å²) in [5, 5.41) is 13.8. The van der Waals surface area contributed by atoms with Gasteiger partial charge in [0.25, 0.3) is 0 Å². The third-order valence-corrected chi connectivity index (χ3v) is 3.20. The van der Waals surface area contributed by atoms with Crippen molar-refractivity contribution in [2.45, 2.75) is 12.5 Å². The highest BCUT2D eigenvalue weighted by molar-refractivity contribution is 7.98. The average Bonchev–Trinajstić information content (AvgIpc) is 2.43. The Morgan fingerprint density at radius 3 is 2.76 bits per heavy atom. The van der Waals surface area contributed by atoms with Crippen LogP contribution in [0.4, 0.5) is 10.5 Å². The van der Waals surface area contributed by atoms with Gasteiger partial charge in [-0.3, -0.25) is 9.78 Å². The molecule has 1 unspecified atom stereocenters. The van der Waals surface area contributed by atoms with Gasteiger partial charge in [-0.05, 0) is 24.5 Å². The maximum absolute atomic E-state index is 12.1. The van der Waals surface area contributed by atoms with Crippen LogP contribution in [0.3, 0.4) is 0 Å². The van der Waals surface area contributed by atoms with Gasteiger partial charge < -0.3 is 21.5 Å². The molecule has 0 saturated carbocycles. The van der Waals surface area contributed by atoms with Gasteiger partial charge in [-0.2, -0.15) is 11.8 Å². The second kappa shape index (κ2) is 8.10. The van der Waals surface area contributed by atoms with Gasteiger partial charge in [-0.15, -0.1) is 0 Å². The van der Waals surface area contributed by atoms with Gasteiger partial charge >= 0.3 is 12.0 Å². The molecule has 0 aliphatic heterocycles. The fourth-order valence-corrected chi connectivity index (χ4v) is 2.05. The number of carbonyl (C=O) groups is 3. The predicted molar refractivity (Wildman–Crippen MR) is 79.3 cm³/mol. The standard InChI is InChI=1S/C12H16N4O4S/c1-21-5-3-8(16-12(13)20)10(17)15-9-6-14-4-2-7(9)11(18)19/h2,4,6,8H,3,5H2,1H3,(H,15,17)(H,18,19)(H3,13,16,20). The molecule has 1 heterocycles. The number of carboxylic acids is 1. The van der Waals surface area contributed by atoms with Crippen LogP contribution in [0.25, 0.3) is 0 Å². The molecule has 0 bridgehead atoms. The first-order chi connectivity index (χ1) is 9.95. The number of aromatic nitrogens is 1. The van der Waals surface area contributed by atoms with Crippen LogP contribution in [0.1, 0.15) is 16.8 Å². The van der Waals surface area contributed by atoms with Crippen LogP contribution in [0, 0.1) is 0 Å². The zero-order valence-electron chi connectivity index (χ0n) is 11.3. The number of thioether (sulfide) groups is 1. The van der Waals surface area contributed by atoms with E-state index in [1.807, 2.05) is 6.26 Å². The molecule has 0 aliphatic carbocycles. The molecule has 1 rings (SSSR count). The molecule has 3 amide bonds. The summed E-state index contributed by atoms with van der Waals surface area (Å²) in [6, 6.07) is -0.381. The first-order valence-corrected chi connectivity index (χ1v) is 7.38. The second-order valence-electron chi connectivity index (χ2n) is 4.06. The molecule has 0 radical (unpaired) electrons. The Morgan fingerprint density at radius 1 is 1.48 bits per heavy atom. The zero-order chi connectivity index (χ0) is 15.8. The molecule has 8 nitrogen and oxygen atoms in total. The Bertz CT molecular complexity index is 538. The fourth-order valence-electron chi connectivity index (χ4n) is 1.58. The first kappa shape index (κ1) is 16.8. The second-order valence-corrected chi connectivity index (χ2v) is 5.04. The van der Waals surface area contributed by atoms with Crippen LogP contribution in [0.15, 0.2) is 18.5 Å². The first-order valence-electron chi connectivity index (χ1n) is 5.98. The number of anilines is 1. The Morgan fingerprint density at radius 2 is 2.19 bits per heavy atom. The van der Waals surface area contributed by atoms with Gasteiger partial charge in [-0.25, -0.2) is 9.59 Å². The number of rotatable bonds is 7. The smallest absolute Gasteiger partial charge is 0.337 e. The fraction of sp³-hybridized carbons (Fsp3) is 0.333. The molecule has 21 heavy (non-hydrogen) atoms. The van der Waals surface area contributed by atoms with Crippen molar-refractivity contribution in [3.8, 4) is 0 Å². The molecule has 0 aromatic carbocycles. The molecule has 0 fully saturated rings. The molecule has 0 aliphatic rings. The number of amides is 3. The summed E-state index contributed by atoms with van der Waals surface area (Å²) < 4.78 is 0. The minimum absolute atomic E-state index is 0.0652. The van der Waals surface area contributed by atoms with Gasteiger partial charge in [0.1, 0.15) is 6.04 Å². The lowest BCUT2D eigenvalue weighted by atomic mass is 10.2. The number of nitrogens with one attached hydrogen (secondary N) is 2. The van der Waals surface area contributed by atoms with Crippen LogP contribution in [0.2, 0.25) is 0 Å². The number of aromatic carboxylic acids is 1. The van der Waals surface area contributed by atoms with E-state index < -0.39 is 23.9 Å². The highest BCUT2D eigenvalue weighted by Crippen LogP contribution is 2.14. The van der Waals surface area contributed by atoms with Crippen molar-refractivity contribution in [3.63, 3.8) is 0 Å². The lowest BCUT2D eigenvalue weighted by Gasteiger charge is -2.17. The average molecular weight is 312 g/mol. The topological polar surface area (TPSA) is 134 Å². The van der Waals surface area contributed by atoms with Crippen molar-refractivity contribution in [1.82, 2.24) is 10.3 Å². The summed E-state index contributed by atoms with van der Waals surface area (Å²) in [6.45, 7) is 0. The summed E-state index contributed by atoms with van der Waals surface area (Å²) in [4.78, 5) is 37.9. The van der Waals surface area contributed by atoms with E-state index in [0.29, 0.717) is 12.2 Å². The molecule has 5 N–H and O–H groups in total. The normalized spacial score (nSPS) is 11.5. The molecular weight excluding hydrogens is 296 g/mol. The SMILES string of the molecule is CSCCC(NC(N)=O)C(=O)Nc1cnccc1C(=O)O. The summed E-state index contributed by atoms with van der Waals surface area (Å²) in [6.07, 6.45) is 4.78. The monoisotopic (exact) mass is 312 g/mol. The third kappa shape index (κ3) is 5.30. The third-order valence-electron chi connectivity index (χ3n) is 2.55. The minimum Gasteiger partial charge on any atom is -0.478 e. The van der Waals surface area contributed by atoms with E-state index in [0.717, 1.165) is 0 Å². The number of nitrogens with zero attached hydrogens (tertiary/aromatic N) is 1. The van der Waals surface area contributed by atoms with E-state index in [2.05, 4.69) is 15.6 Å². The Labute approximate surface area is 125 Å². The summed E-state index contributed by atoms with van der Waals surface area (Å²) in [5.41, 5.74) is 5.01. The Kier molecular flexibility index (Phi) is 6.47. The van der Waals surface area contributed by atoms with Crippen LogP contribution in [-0.2, 0) is 4.79 Å². The molecule has 0 spiro atoms. The number of nitrogens with two attached hydrogens (primary N) is 1. The van der Waals surface area contributed by atoms with Crippen LogP contribution in [-0.4, -0.2) is 46.0 Å². The number of hydrogen-bond donors (Lipinski definition) is 4. The van der Waals surface area contributed by atoms with E-state index in [4.69, 9.17) is 10.8 Å². The molecular formula is C12H16N4O4S. The van der Waals surface area contributed by atoms with Crippen LogP contribution in [0.5, 0.6) is 0 Å². The van der Waals surface area contributed by atoms with E-state index in [9.17, 15) is 14.4 Å². The number of carboxylic acid groups (broad SMARTS) is 1. The summed E-state index contributed by atoms with van der Waals surface area (Å²) >= 11 is 1.51. The van der Waals surface area contributed by atoms with Gasteiger partial charge in [-0.1, -0.05) is 0 Å². The summed E-state index contributed by atoms with van der Waals surface area (Å²) in [7, 11) is 0. The van der Waals surface area contributed by atoms with E-state index in [-0.39, 0.29) is 11.3 Å². The molecule has 1 atom stereocenters. The van der Waals surface area contributed by atoms with E-state index in [1.54, 1.807) is 0 Å². The van der Waals surface area contributed by atoms with Gasteiger partial charge in [0.15, 0.2) is 0 Å². The predicted octanol–water partition coefficient (Wildman–Crippen LogP) is 0.508. The lowest BCUT2D eigenvalue weighted by Crippen LogP contribution is -2.46. The minimum atomic E-state index is -1.18. The Hall–Kier alpha value is -2.29. The molecule has 1 aromatic heterocycles. The number of hydrogen-bond acceptors (Lipinski definition) is 5. The largest absolute Gasteiger partial charge is 0.478 e. The maximum atomic E-state index is 12.1. The van der Waals surface area contributed by atoms with E-state index >= 15 is 0 Å².